The van der Waals surface area contributed by atoms with Crippen molar-refractivity contribution in [1.29, 1.82) is 0 Å². The van der Waals surface area contributed by atoms with Crippen molar-refractivity contribution in [2.24, 2.45) is 0 Å². The van der Waals surface area contributed by atoms with Crippen molar-refractivity contribution < 1.29 is 15.0 Å². The topological polar surface area (TPSA) is 57.5 Å². The van der Waals surface area contributed by atoms with E-state index in [2.05, 4.69) is 267 Å². The summed E-state index contributed by atoms with van der Waals surface area (Å²) in [5, 5.41) is 51.3. The summed E-state index contributed by atoms with van der Waals surface area (Å²) in [6, 6.07) is 99.0. The van der Waals surface area contributed by atoms with Crippen molar-refractivity contribution in [1.82, 2.24) is 0 Å². The Labute approximate surface area is 453 Å². The summed E-state index contributed by atoms with van der Waals surface area (Å²) >= 11 is 0. The molecule has 0 amide bonds. The van der Waals surface area contributed by atoms with Crippen LogP contribution in [-0.2, 0) is 0 Å². The number of hydrogen-bond donors (Lipinski definition) is 2. The minimum atomic E-state index is -1.83. The van der Waals surface area contributed by atoms with Crippen LogP contribution in [0.25, 0.3) is 129 Å². The van der Waals surface area contributed by atoms with E-state index in [0.29, 0.717) is 17.2 Å². The molecular weight excluding hydrogens is 987 g/mol. The van der Waals surface area contributed by atoms with E-state index in [0.717, 1.165) is 0 Å². The lowest BCUT2D eigenvalue weighted by atomic mass is 9.98. The summed E-state index contributed by atoms with van der Waals surface area (Å²) in [5.41, 5.74) is 0. The molecule has 0 bridgehead atoms. The van der Waals surface area contributed by atoms with Crippen LogP contribution in [0.1, 0.15) is 0 Å². The maximum Gasteiger partial charge on any atom is 0.503 e. The third-order valence-corrected chi connectivity index (χ3v) is 18.2. The Kier molecular flexibility index (Phi) is 11.9. The molecule has 0 aliphatic rings. The minimum absolute atomic E-state index is 0.565. The highest BCUT2D eigenvalue weighted by Crippen LogP contribution is 2.37. The predicted octanol–water partition coefficient (Wildman–Crippen LogP) is 18.7. The molecule has 0 aliphatic carbocycles. The Morgan fingerprint density at radius 2 is 0.397 bits per heavy atom. The molecule has 0 saturated carbocycles. The van der Waals surface area contributed by atoms with E-state index in [1.807, 2.05) is 0 Å². The van der Waals surface area contributed by atoms with E-state index < -0.39 is 6.16 Å². The molecule has 0 unspecified atom stereocenters. The summed E-state index contributed by atoms with van der Waals surface area (Å²) in [5.74, 6) is 0. The number of fused-ring (bicyclic) bond motifs is 16. The molecule has 16 aromatic rings. The van der Waals surface area contributed by atoms with Gasteiger partial charge in [-0.15, -0.1) is 0 Å². The zero-order valence-electron chi connectivity index (χ0n) is 42.2. The van der Waals surface area contributed by atoms with Crippen molar-refractivity contribution in [3.8, 4) is 0 Å². The zero-order chi connectivity index (χ0) is 52.3. The lowest BCUT2D eigenvalue weighted by molar-refractivity contribution is 0.137. The maximum atomic E-state index is 8.56. The molecule has 3 nitrogen and oxygen atoms in total. The first kappa shape index (κ1) is 47.2. The van der Waals surface area contributed by atoms with Gasteiger partial charge < -0.3 is 10.2 Å². The number of hydrogen-bond acceptors (Lipinski definition) is 1. The Morgan fingerprint density at radius 1 is 0.218 bits per heavy atom. The standard InChI is InChI=1S/2C36H23P.CH2O3/c2*1-3-9-27-21-31-29(19-25(27)7-1)17-15-23-11-5-13-33(35(23)31)37-34-14-6-12-24-16-18-30-20-26-8-2-4-10-28(26)22-32(30)36(24)34;2-1(3)4/h2*1-22,37H;(H2,2,3,4). The number of carboxylic acid groups (broad SMARTS) is 2. The summed E-state index contributed by atoms with van der Waals surface area (Å²) in [7, 11) is 1.13. The predicted molar refractivity (Wildman–Crippen MR) is 342 cm³/mol. The summed E-state index contributed by atoms with van der Waals surface area (Å²) in [6.07, 6.45) is -1.83. The highest BCUT2D eigenvalue weighted by Gasteiger charge is 2.15. The number of rotatable bonds is 4. The molecule has 368 valence electrons. The fraction of sp³-hybridized carbons (Fsp3) is 0. The van der Waals surface area contributed by atoms with Crippen LogP contribution in [0.5, 0.6) is 0 Å². The van der Waals surface area contributed by atoms with Crippen LogP contribution in [0, 0.1) is 0 Å². The van der Waals surface area contributed by atoms with Crippen molar-refractivity contribution in [3.63, 3.8) is 0 Å². The minimum Gasteiger partial charge on any atom is -0.450 e. The van der Waals surface area contributed by atoms with E-state index in [1.54, 1.807) is 0 Å². The van der Waals surface area contributed by atoms with Gasteiger partial charge in [-0.3, -0.25) is 0 Å². The molecule has 16 aromatic carbocycles. The second-order valence-electron chi connectivity index (χ2n) is 20.1. The van der Waals surface area contributed by atoms with Gasteiger partial charge >= 0.3 is 6.16 Å². The van der Waals surface area contributed by atoms with Crippen molar-refractivity contribution in [2.45, 2.75) is 0 Å². The molecule has 2 N–H and O–H groups in total. The zero-order valence-corrected chi connectivity index (χ0v) is 44.2. The molecule has 78 heavy (non-hydrogen) atoms. The number of benzene rings is 16. The van der Waals surface area contributed by atoms with E-state index in [-0.39, 0.29) is 0 Å². The molecule has 0 saturated heterocycles. The third-order valence-electron chi connectivity index (χ3n) is 15.4. The molecule has 0 radical (unpaired) electrons. The Bertz CT molecular complexity index is 4470. The van der Waals surface area contributed by atoms with E-state index >= 15 is 0 Å². The van der Waals surface area contributed by atoms with Gasteiger partial charge in [-0.25, -0.2) is 4.79 Å². The SMILES string of the molecule is O=C(O)O.c1ccc2cc3c(ccc4cccc(Pc5cccc6ccc7cc8ccccc8cc7c56)c43)cc2c1.c1ccc2cc3c(ccc4cccc(Pc5cccc6ccc7cc8ccccc8cc7c56)c43)cc2c1. The quantitative estimate of drug-likeness (QED) is 0.105. The first-order chi connectivity index (χ1) is 38.4. The Morgan fingerprint density at radius 3 is 0.615 bits per heavy atom. The molecular formula is C73H48O3P2. The molecule has 16 rings (SSSR count). The van der Waals surface area contributed by atoms with E-state index in [9.17, 15) is 0 Å². The van der Waals surface area contributed by atoms with Gasteiger partial charge in [0.2, 0.25) is 0 Å². The van der Waals surface area contributed by atoms with Crippen molar-refractivity contribution >= 4 is 174 Å². The van der Waals surface area contributed by atoms with Crippen LogP contribution < -0.4 is 21.2 Å². The van der Waals surface area contributed by atoms with Gasteiger partial charge in [0.15, 0.2) is 0 Å². The van der Waals surface area contributed by atoms with E-state index in [4.69, 9.17) is 15.0 Å². The van der Waals surface area contributed by atoms with Gasteiger partial charge in [-0.1, -0.05) is 236 Å². The summed E-state index contributed by atoms with van der Waals surface area (Å²) < 4.78 is 0. The molecule has 0 aromatic heterocycles. The highest BCUT2D eigenvalue weighted by atomic mass is 31.1. The highest BCUT2D eigenvalue weighted by molar-refractivity contribution is 7.57. The average Bonchev–Trinajstić information content (AvgIpc) is 3.62. The summed E-state index contributed by atoms with van der Waals surface area (Å²) in [4.78, 5) is 8.56. The molecule has 5 heteroatoms. The molecule has 0 atom stereocenters. The van der Waals surface area contributed by atoms with Crippen LogP contribution in [0.15, 0.2) is 267 Å². The van der Waals surface area contributed by atoms with Gasteiger partial charge in [0.25, 0.3) is 0 Å². The molecule has 0 spiro atoms. The maximum absolute atomic E-state index is 8.56. The van der Waals surface area contributed by atoms with Crippen molar-refractivity contribution in [2.75, 3.05) is 0 Å². The lowest BCUT2D eigenvalue weighted by Gasteiger charge is -2.14. The summed E-state index contributed by atoms with van der Waals surface area (Å²) in [6.45, 7) is 0. The van der Waals surface area contributed by atoms with Crippen LogP contribution in [0.4, 0.5) is 4.79 Å². The van der Waals surface area contributed by atoms with Gasteiger partial charge in [0.05, 0.1) is 0 Å². The van der Waals surface area contributed by atoms with Gasteiger partial charge in [-0.05, 0) is 199 Å². The molecule has 0 aliphatic heterocycles. The van der Waals surface area contributed by atoms with E-state index in [1.165, 1.54) is 150 Å². The van der Waals surface area contributed by atoms with Crippen molar-refractivity contribution in [3.05, 3.63) is 267 Å². The molecule has 0 fully saturated rings. The van der Waals surface area contributed by atoms with Gasteiger partial charge in [0, 0.05) is 0 Å². The normalized spacial score (nSPS) is 11.6. The first-order valence-corrected chi connectivity index (χ1v) is 28.2. The second-order valence-corrected chi connectivity index (χ2v) is 22.7. The largest absolute Gasteiger partial charge is 0.503 e. The molecule has 0 heterocycles. The third kappa shape index (κ3) is 8.65. The smallest absolute Gasteiger partial charge is 0.450 e. The first-order valence-electron chi connectivity index (χ1n) is 26.2. The monoisotopic (exact) mass is 1030 g/mol. The Balaban J connectivity index is 0.000000133. The van der Waals surface area contributed by atoms with Crippen LogP contribution in [-0.4, -0.2) is 16.4 Å². The average molecular weight is 1040 g/mol. The fourth-order valence-electron chi connectivity index (χ4n) is 11.9. The Hall–Kier alpha value is -9.23. The number of carbonyl (C=O) groups is 1. The van der Waals surface area contributed by atoms with Crippen LogP contribution in [0.2, 0.25) is 0 Å². The van der Waals surface area contributed by atoms with Crippen LogP contribution >= 0.6 is 17.2 Å². The van der Waals surface area contributed by atoms with Gasteiger partial charge in [-0.2, -0.15) is 0 Å². The van der Waals surface area contributed by atoms with Gasteiger partial charge in [0.1, 0.15) is 0 Å². The second kappa shape index (κ2) is 19.7. The fourth-order valence-corrected chi connectivity index (χ4v) is 14.8. The van der Waals surface area contributed by atoms with Crippen LogP contribution in [0.3, 0.4) is 0 Å². The lowest BCUT2D eigenvalue weighted by Crippen LogP contribution is -2.06.